The molecule has 2 aromatic rings. The molecule has 25 heavy (non-hydrogen) atoms. The minimum Gasteiger partial charge on any atom is -0.484 e. The van der Waals surface area contributed by atoms with Crippen molar-refractivity contribution in [3.63, 3.8) is 0 Å². The summed E-state index contributed by atoms with van der Waals surface area (Å²) in [6, 6.07) is 15.5. The highest BCUT2D eigenvalue weighted by molar-refractivity contribution is 5.79. The number of benzene rings is 2. The Morgan fingerprint density at radius 1 is 1.04 bits per heavy atom. The number of ether oxygens (including phenoxy) is 1. The van der Waals surface area contributed by atoms with E-state index in [9.17, 15) is 9.59 Å². The van der Waals surface area contributed by atoms with Gasteiger partial charge in [0.25, 0.3) is 5.91 Å². The lowest BCUT2D eigenvalue weighted by Gasteiger charge is -2.22. The second-order valence-electron chi connectivity index (χ2n) is 6.13. The van der Waals surface area contributed by atoms with Crippen LogP contribution < -0.4 is 10.5 Å². The fraction of sp³-hybridized carbons (Fsp3) is 0.300. The zero-order chi connectivity index (χ0) is 18.2. The molecule has 132 valence electrons. The highest BCUT2D eigenvalue weighted by Gasteiger charge is 2.16. The molecule has 0 aliphatic rings. The van der Waals surface area contributed by atoms with Gasteiger partial charge in [-0.2, -0.15) is 0 Å². The van der Waals surface area contributed by atoms with Crippen LogP contribution in [0.1, 0.15) is 23.1 Å². The average molecular weight is 340 g/mol. The third-order valence-corrected chi connectivity index (χ3v) is 3.75. The first-order chi connectivity index (χ1) is 11.9. The molecule has 0 saturated heterocycles. The van der Waals surface area contributed by atoms with Crippen LogP contribution in [0.2, 0.25) is 0 Å². The van der Waals surface area contributed by atoms with Gasteiger partial charge >= 0.3 is 0 Å². The number of hydrogen-bond donors (Lipinski definition) is 1. The SMILES string of the molecule is Cc1cc(C)cc(OCC(=O)N(CCC(N)=O)Cc2ccccc2)c1. The molecule has 0 aliphatic heterocycles. The van der Waals surface area contributed by atoms with Crippen LogP contribution >= 0.6 is 0 Å². The minimum atomic E-state index is -0.430. The molecule has 0 saturated carbocycles. The summed E-state index contributed by atoms with van der Waals surface area (Å²) < 4.78 is 5.65. The van der Waals surface area contributed by atoms with E-state index in [1.165, 1.54) is 0 Å². The van der Waals surface area contributed by atoms with Gasteiger partial charge in [0, 0.05) is 19.5 Å². The largest absolute Gasteiger partial charge is 0.484 e. The Balaban J connectivity index is 2.01. The van der Waals surface area contributed by atoms with Gasteiger partial charge < -0.3 is 15.4 Å². The summed E-state index contributed by atoms with van der Waals surface area (Å²) in [5, 5.41) is 0. The van der Waals surface area contributed by atoms with Gasteiger partial charge in [-0.25, -0.2) is 0 Å². The molecule has 0 spiro atoms. The Morgan fingerprint density at radius 2 is 1.68 bits per heavy atom. The van der Waals surface area contributed by atoms with Crippen LogP contribution in [0.25, 0.3) is 0 Å². The second-order valence-corrected chi connectivity index (χ2v) is 6.13. The van der Waals surface area contributed by atoms with E-state index in [1.807, 2.05) is 62.4 Å². The molecule has 0 fully saturated rings. The first-order valence-corrected chi connectivity index (χ1v) is 8.25. The third-order valence-electron chi connectivity index (χ3n) is 3.75. The Morgan fingerprint density at radius 3 is 2.28 bits per heavy atom. The average Bonchev–Trinajstić information content (AvgIpc) is 2.56. The molecular weight excluding hydrogens is 316 g/mol. The lowest BCUT2D eigenvalue weighted by molar-refractivity contribution is -0.134. The van der Waals surface area contributed by atoms with Crippen molar-refractivity contribution in [3.05, 3.63) is 65.2 Å². The van der Waals surface area contributed by atoms with E-state index in [1.54, 1.807) is 4.90 Å². The van der Waals surface area contributed by atoms with Crippen LogP contribution in [0.4, 0.5) is 0 Å². The molecule has 0 bridgehead atoms. The summed E-state index contributed by atoms with van der Waals surface area (Å²) in [6.45, 7) is 4.59. The Bertz CT molecular complexity index is 709. The molecule has 2 amide bonds. The summed E-state index contributed by atoms with van der Waals surface area (Å²) >= 11 is 0. The van der Waals surface area contributed by atoms with E-state index in [0.717, 1.165) is 16.7 Å². The lowest BCUT2D eigenvalue weighted by atomic mass is 10.1. The van der Waals surface area contributed by atoms with E-state index < -0.39 is 5.91 Å². The number of carbonyl (C=O) groups excluding carboxylic acids is 2. The van der Waals surface area contributed by atoms with Crippen LogP contribution in [0.5, 0.6) is 5.75 Å². The Labute approximate surface area is 148 Å². The first kappa shape index (κ1) is 18.5. The number of aryl methyl sites for hydroxylation is 2. The smallest absolute Gasteiger partial charge is 0.260 e. The van der Waals surface area contributed by atoms with Crippen molar-refractivity contribution in [3.8, 4) is 5.75 Å². The molecule has 2 aromatic carbocycles. The Kier molecular flexibility index (Phi) is 6.57. The molecule has 5 heteroatoms. The Hall–Kier alpha value is -2.82. The molecule has 0 unspecified atom stereocenters. The van der Waals surface area contributed by atoms with Crippen LogP contribution in [0.15, 0.2) is 48.5 Å². The van der Waals surface area contributed by atoms with Crippen molar-refractivity contribution in [2.24, 2.45) is 5.73 Å². The van der Waals surface area contributed by atoms with E-state index in [-0.39, 0.29) is 25.5 Å². The fourth-order valence-electron chi connectivity index (χ4n) is 2.59. The number of amides is 2. The summed E-state index contributed by atoms with van der Waals surface area (Å²) in [4.78, 5) is 25.2. The minimum absolute atomic E-state index is 0.0749. The highest BCUT2D eigenvalue weighted by atomic mass is 16.5. The van der Waals surface area contributed by atoms with Gasteiger partial charge in [-0.3, -0.25) is 9.59 Å². The zero-order valence-corrected chi connectivity index (χ0v) is 14.7. The van der Waals surface area contributed by atoms with Gasteiger partial charge in [0.1, 0.15) is 5.75 Å². The monoisotopic (exact) mass is 340 g/mol. The maximum Gasteiger partial charge on any atom is 0.260 e. The molecular formula is C20H24N2O3. The summed E-state index contributed by atoms with van der Waals surface area (Å²) in [5.41, 5.74) is 8.38. The van der Waals surface area contributed by atoms with Gasteiger partial charge in [-0.15, -0.1) is 0 Å². The van der Waals surface area contributed by atoms with Crippen molar-refractivity contribution >= 4 is 11.8 Å². The van der Waals surface area contributed by atoms with Crippen LogP contribution in [-0.2, 0) is 16.1 Å². The molecule has 0 radical (unpaired) electrons. The van der Waals surface area contributed by atoms with Crippen molar-refractivity contribution in [1.82, 2.24) is 4.90 Å². The lowest BCUT2D eigenvalue weighted by Crippen LogP contribution is -2.36. The predicted molar refractivity (Wildman–Crippen MR) is 97.1 cm³/mol. The normalized spacial score (nSPS) is 10.3. The van der Waals surface area contributed by atoms with Crippen LogP contribution in [-0.4, -0.2) is 29.9 Å². The molecule has 0 atom stereocenters. The number of nitrogens with two attached hydrogens (primary N) is 1. The van der Waals surface area contributed by atoms with Gasteiger partial charge in [0.2, 0.25) is 5.91 Å². The molecule has 0 heterocycles. The third kappa shape index (κ3) is 6.30. The van der Waals surface area contributed by atoms with Crippen molar-refractivity contribution < 1.29 is 14.3 Å². The predicted octanol–water partition coefficient (Wildman–Crippen LogP) is 2.59. The van der Waals surface area contributed by atoms with Gasteiger partial charge in [0.15, 0.2) is 6.61 Å². The summed E-state index contributed by atoms with van der Waals surface area (Å²) in [5.74, 6) is 0.0609. The second kappa shape index (κ2) is 8.87. The number of hydrogen-bond acceptors (Lipinski definition) is 3. The van der Waals surface area contributed by atoms with Gasteiger partial charge in [-0.1, -0.05) is 36.4 Å². The first-order valence-electron chi connectivity index (χ1n) is 8.25. The molecule has 2 rings (SSSR count). The number of nitrogens with zero attached hydrogens (tertiary/aromatic N) is 1. The van der Waals surface area contributed by atoms with E-state index >= 15 is 0 Å². The fourth-order valence-corrected chi connectivity index (χ4v) is 2.59. The van der Waals surface area contributed by atoms with E-state index in [0.29, 0.717) is 12.3 Å². The molecule has 2 N–H and O–H groups in total. The number of primary amides is 1. The van der Waals surface area contributed by atoms with Crippen molar-refractivity contribution in [2.75, 3.05) is 13.2 Å². The molecule has 5 nitrogen and oxygen atoms in total. The quantitative estimate of drug-likeness (QED) is 0.803. The standard InChI is InChI=1S/C20H24N2O3/c1-15-10-16(2)12-18(11-15)25-14-20(24)22(9-8-19(21)23)13-17-6-4-3-5-7-17/h3-7,10-12H,8-9,13-14H2,1-2H3,(H2,21,23). The van der Waals surface area contributed by atoms with Crippen molar-refractivity contribution in [2.45, 2.75) is 26.8 Å². The van der Waals surface area contributed by atoms with Crippen LogP contribution in [0, 0.1) is 13.8 Å². The number of carbonyl (C=O) groups is 2. The highest BCUT2D eigenvalue weighted by Crippen LogP contribution is 2.16. The van der Waals surface area contributed by atoms with Gasteiger partial charge in [0.05, 0.1) is 0 Å². The summed E-state index contributed by atoms with van der Waals surface area (Å²) in [7, 11) is 0. The van der Waals surface area contributed by atoms with Gasteiger partial charge in [-0.05, 0) is 42.7 Å². The molecule has 0 aliphatic carbocycles. The van der Waals surface area contributed by atoms with Crippen molar-refractivity contribution in [1.29, 1.82) is 0 Å². The van der Waals surface area contributed by atoms with Crippen LogP contribution in [0.3, 0.4) is 0 Å². The summed E-state index contributed by atoms with van der Waals surface area (Å²) in [6.07, 6.45) is 0.127. The zero-order valence-electron chi connectivity index (χ0n) is 14.7. The maximum atomic E-state index is 12.6. The maximum absolute atomic E-state index is 12.6. The topological polar surface area (TPSA) is 72.6 Å². The molecule has 0 aromatic heterocycles. The van der Waals surface area contributed by atoms with E-state index in [2.05, 4.69) is 0 Å². The number of rotatable bonds is 8. The van der Waals surface area contributed by atoms with E-state index in [4.69, 9.17) is 10.5 Å².